The fraction of sp³-hybridized carbons (Fsp3) is 0.538. The van der Waals surface area contributed by atoms with Gasteiger partial charge in [0, 0.05) is 11.1 Å². The van der Waals surface area contributed by atoms with Crippen molar-refractivity contribution in [3.05, 3.63) is 34.9 Å². The average molecular weight is 241 g/mol. The second-order valence-corrected chi connectivity index (χ2v) is 4.63. The van der Waals surface area contributed by atoms with Crippen LogP contribution < -0.4 is 5.32 Å². The van der Waals surface area contributed by atoms with E-state index in [1.165, 1.54) is 5.56 Å². The number of benzene rings is 1. The Hall–Kier alpha value is -0.570. The van der Waals surface area contributed by atoms with Crippen LogP contribution in [0.2, 0.25) is 5.02 Å². The lowest BCUT2D eigenvalue weighted by molar-refractivity contribution is 0.363. The van der Waals surface area contributed by atoms with Crippen molar-refractivity contribution in [2.75, 3.05) is 27.2 Å². The van der Waals surface area contributed by atoms with E-state index in [-0.39, 0.29) is 0 Å². The van der Waals surface area contributed by atoms with Gasteiger partial charge in [0.15, 0.2) is 0 Å². The SMILES string of the molecule is CCNC(CCN(C)C)c1ccccc1Cl. The van der Waals surface area contributed by atoms with Crippen LogP contribution in [-0.4, -0.2) is 32.1 Å². The molecule has 2 nitrogen and oxygen atoms in total. The van der Waals surface area contributed by atoms with Crippen LogP contribution in [-0.2, 0) is 0 Å². The van der Waals surface area contributed by atoms with E-state index in [2.05, 4.69) is 37.3 Å². The summed E-state index contributed by atoms with van der Waals surface area (Å²) in [5.74, 6) is 0. The molecule has 0 fully saturated rings. The smallest absolute Gasteiger partial charge is 0.0453 e. The van der Waals surface area contributed by atoms with Gasteiger partial charge in [-0.2, -0.15) is 0 Å². The number of nitrogens with one attached hydrogen (secondary N) is 1. The molecule has 1 aromatic carbocycles. The lowest BCUT2D eigenvalue weighted by Crippen LogP contribution is -2.25. The van der Waals surface area contributed by atoms with E-state index in [1.54, 1.807) is 0 Å². The topological polar surface area (TPSA) is 15.3 Å². The first-order chi connectivity index (χ1) is 7.65. The molecule has 0 bridgehead atoms. The molecule has 1 atom stereocenters. The average Bonchev–Trinajstić information content (AvgIpc) is 2.25. The Bertz CT molecular complexity index is 313. The van der Waals surface area contributed by atoms with Crippen LogP contribution >= 0.6 is 11.6 Å². The van der Waals surface area contributed by atoms with Gasteiger partial charge in [-0.05, 0) is 45.2 Å². The number of rotatable bonds is 6. The minimum atomic E-state index is 0.348. The van der Waals surface area contributed by atoms with E-state index in [1.807, 2.05) is 18.2 Å². The summed E-state index contributed by atoms with van der Waals surface area (Å²) in [4.78, 5) is 2.20. The summed E-state index contributed by atoms with van der Waals surface area (Å²) < 4.78 is 0. The third-order valence-corrected chi connectivity index (χ3v) is 2.94. The van der Waals surface area contributed by atoms with Gasteiger partial charge in [-0.25, -0.2) is 0 Å². The zero-order valence-electron chi connectivity index (χ0n) is 10.3. The molecule has 3 heteroatoms. The minimum absolute atomic E-state index is 0.348. The van der Waals surface area contributed by atoms with Gasteiger partial charge in [0.25, 0.3) is 0 Å². The summed E-state index contributed by atoms with van der Waals surface area (Å²) in [6.45, 7) is 4.14. The van der Waals surface area contributed by atoms with Gasteiger partial charge in [-0.1, -0.05) is 36.7 Å². The molecule has 1 aromatic rings. The first kappa shape index (κ1) is 13.5. The minimum Gasteiger partial charge on any atom is -0.310 e. The first-order valence-electron chi connectivity index (χ1n) is 5.77. The van der Waals surface area contributed by atoms with E-state index in [0.29, 0.717) is 6.04 Å². The Labute approximate surface area is 104 Å². The van der Waals surface area contributed by atoms with Crippen molar-refractivity contribution < 1.29 is 0 Å². The maximum atomic E-state index is 6.22. The van der Waals surface area contributed by atoms with E-state index >= 15 is 0 Å². The van der Waals surface area contributed by atoms with Gasteiger partial charge < -0.3 is 10.2 Å². The Morgan fingerprint density at radius 1 is 1.31 bits per heavy atom. The highest BCUT2D eigenvalue weighted by Gasteiger charge is 2.12. The highest BCUT2D eigenvalue weighted by molar-refractivity contribution is 6.31. The Balaban J connectivity index is 2.73. The molecule has 0 aromatic heterocycles. The highest BCUT2D eigenvalue weighted by atomic mass is 35.5. The van der Waals surface area contributed by atoms with Crippen molar-refractivity contribution in [3.8, 4) is 0 Å². The van der Waals surface area contributed by atoms with Gasteiger partial charge in [0.05, 0.1) is 0 Å². The van der Waals surface area contributed by atoms with E-state index < -0.39 is 0 Å². The highest BCUT2D eigenvalue weighted by Crippen LogP contribution is 2.24. The van der Waals surface area contributed by atoms with Crippen LogP contribution in [0.1, 0.15) is 24.9 Å². The van der Waals surface area contributed by atoms with Crippen LogP contribution in [0.5, 0.6) is 0 Å². The number of halogens is 1. The molecule has 0 aliphatic rings. The van der Waals surface area contributed by atoms with Crippen molar-refractivity contribution in [2.45, 2.75) is 19.4 Å². The second-order valence-electron chi connectivity index (χ2n) is 4.22. The molecular weight excluding hydrogens is 220 g/mol. The molecule has 1 rings (SSSR count). The molecule has 0 radical (unpaired) electrons. The number of hydrogen-bond donors (Lipinski definition) is 1. The maximum absolute atomic E-state index is 6.22. The van der Waals surface area contributed by atoms with E-state index in [4.69, 9.17) is 11.6 Å². The van der Waals surface area contributed by atoms with Crippen molar-refractivity contribution in [3.63, 3.8) is 0 Å². The van der Waals surface area contributed by atoms with Gasteiger partial charge in [-0.3, -0.25) is 0 Å². The molecule has 0 spiro atoms. The molecular formula is C13H21ClN2. The monoisotopic (exact) mass is 240 g/mol. The van der Waals surface area contributed by atoms with Gasteiger partial charge >= 0.3 is 0 Å². The summed E-state index contributed by atoms with van der Waals surface area (Å²) in [5.41, 5.74) is 1.20. The zero-order valence-corrected chi connectivity index (χ0v) is 11.1. The van der Waals surface area contributed by atoms with Crippen molar-refractivity contribution in [1.82, 2.24) is 10.2 Å². The van der Waals surface area contributed by atoms with Crippen LogP contribution in [0.3, 0.4) is 0 Å². The maximum Gasteiger partial charge on any atom is 0.0453 e. The molecule has 0 saturated heterocycles. The molecule has 90 valence electrons. The van der Waals surface area contributed by atoms with Crippen molar-refractivity contribution in [2.24, 2.45) is 0 Å². The lowest BCUT2D eigenvalue weighted by Gasteiger charge is -2.21. The normalized spacial score (nSPS) is 13.1. The Morgan fingerprint density at radius 2 is 2.00 bits per heavy atom. The summed E-state index contributed by atoms with van der Waals surface area (Å²) in [7, 11) is 4.19. The fourth-order valence-electron chi connectivity index (χ4n) is 1.76. The van der Waals surface area contributed by atoms with E-state index in [9.17, 15) is 0 Å². The van der Waals surface area contributed by atoms with Gasteiger partial charge in [0.1, 0.15) is 0 Å². The van der Waals surface area contributed by atoms with Crippen molar-refractivity contribution in [1.29, 1.82) is 0 Å². The molecule has 0 saturated carbocycles. The largest absolute Gasteiger partial charge is 0.310 e. The zero-order chi connectivity index (χ0) is 12.0. The quantitative estimate of drug-likeness (QED) is 0.823. The molecule has 0 aliphatic heterocycles. The summed E-state index contributed by atoms with van der Waals surface area (Å²) in [5, 5.41) is 4.34. The molecule has 1 N–H and O–H groups in total. The third kappa shape index (κ3) is 4.12. The molecule has 0 amide bonds. The van der Waals surface area contributed by atoms with E-state index in [0.717, 1.165) is 24.5 Å². The molecule has 16 heavy (non-hydrogen) atoms. The lowest BCUT2D eigenvalue weighted by atomic mass is 10.0. The summed E-state index contributed by atoms with van der Waals surface area (Å²) in [6.07, 6.45) is 1.07. The summed E-state index contributed by atoms with van der Waals surface area (Å²) in [6, 6.07) is 8.42. The number of nitrogens with zero attached hydrogens (tertiary/aromatic N) is 1. The van der Waals surface area contributed by atoms with Crippen LogP contribution in [0.15, 0.2) is 24.3 Å². The Kier molecular flexibility index (Phi) is 5.81. The number of hydrogen-bond acceptors (Lipinski definition) is 2. The standard InChI is InChI=1S/C13H21ClN2/c1-4-15-13(9-10-16(2)3)11-7-5-6-8-12(11)14/h5-8,13,15H,4,9-10H2,1-3H3. The van der Waals surface area contributed by atoms with Crippen LogP contribution in [0.4, 0.5) is 0 Å². The second kappa shape index (κ2) is 6.89. The summed E-state index contributed by atoms with van der Waals surface area (Å²) >= 11 is 6.22. The van der Waals surface area contributed by atoms with Crippen LogP contribution in [0, 0.1) is 0 Å². The Morgan fingerprint density at radius 3 is 2.56 bits per heavy atom. The van der Waals surface area contributed by atoms with Gasteiger partial charge in [0.2, 0.25) is 0 Å². The first-order valence-corrected chi connectivity index (χ1v) is 6.15. The fourth-order valence-corrected chi connectivity index (χ4v) is 2.03. The molecule has 0 heterocycles. The third-order valence-electron chi connectivity index (χ3n) is 2.60. The molecule has 0 aliphatic carbocycles. The van der Waals surface area contributed by atoms with Crippen LogP contribution in [0.25, 0.3) is 0 Å². The van der Waals surface area contributed by atoms with Crippen molar-refractivity contribution >= 4 is 11.6 Å². The van der Waals surface area contributed by atoms with Gasteiger partial charge in [-0.15, -0.1) is 0 Å². The predicted molar refractivity (Wildman–Crippen MR) is 71.0 cm³/mol. The molecule has 1 unspecified atom stereocenters. The predicted octanol–water partition coefficient (Wildman–Crippen LogP) is 2.94.